The zero-order chi connectivity index (χ0) is 22.7. The molecular weight excluding hydrogens is 430 g/mol. The Morgan fingerprint density at radius 2 is 1.75 bits per heavy atom. The van der Waals surface area contributed by atoms with Gasteiger partial charge in [-0.15, -0.1) is 0 Å². The average molecular weight is 456 g/mol. The minimum absolute atomic E-state index is 0.239. The van der Waals surface area contributed by atoms with E-state index in [-0.39, 0.29) is 17.5 Å². The quantitative estimate of drug-likeness (QED) is 0.646. The summed E-state index contributed by atoms with van der Waals surface area (Å²) in [5, 5.41) is 3.75. The molecule has 0 aliphatic carbocycles. The van der Waals surface area contributed by atoms with E-state index in [0.717, 1.165) is 18.7 Å². The molecule has 32 heavy (non-hydrogen) atoms. The molecule has 1 fully saturated rings. The van der Waals surface area contributed by atoms with Gasteiger partial charge in [-0.25, -0.2) is 0 Å². The van der Waals surface area contributed by atoms with E-state index in [1.165, 1.54) is 4.90 Å². The van der Waals surface area contributed by atoms with Gasteiger partial charge in [0.2, 0.25) is 0 Å². The first-order valence-corrected chi connectivity index (χ1v) is 10.9. The summed E-state index contributed by atoms with van der Waals surface area (Å²) in [5.74, 6) is -0.0814. The lowest BCUT2D eigenvalue weighted by atomic mass is 10.0. The number of carbonyl (C=O) groups is 2. The molecule has 1 N–H and O–H groups in total. The second-order valence-electron chi connectivity index (χ2n) is 7.80. The Hall–Kier alpha value is -2.87. The number of ether oxygens (including phenoxy) is 2. The smallest absolute Gasteiger partial charge is 0.278 e. The first-order chi connectivity index (χ1) is 15.5. The number of anilines is 1. The number of amides is 2. The monoisotopic (exact) mass is 455 g/mol. The third kappa shape index (κ3) is 4.65. The first-order valence-electron chi connectivity index (χ1n) is 10.6. The largest absolute Gasteiger partial charge is 0.495 e. The number of benzene rings is 2. The van der Waals surface area contributed by atoms with Crippen LogP contribution >= 0.6 is 11.6 Å². The van der Waals surface area contributed by atoms with Crippen LogP contribution in [0.25, 0.3) is 5.57 Å². The van der Waals surface area contributed by atoms with E-state index in [1.807, 2.05) is 25.1 Å². The Balaban J connectivity index is 1.66. The van der Waals surface area contributed by atoms with Crippen molar-refractivity contribution in [2.45, 2.75) is 6.92 Å². The molecule has 0 saturated carbocycles. The highest BCUT2D eigenvalue weighted by molar-refractivity contribution is 6.37. The van der Waals surface area contributed by atoms with Crippen molar-refractivity contribution in [3.8, 4) is 5.75 Å². The molecule has 2 aromatic rings. The van der Waals surface area contributed by atoms with E-state index in [9.17, 15) is 9.59 Å². The van der Waals surface area contributed by atoms with Gasteiger partial charge in [0.25, 0.3) is 11.8 Å². The fourth-order valence-electron chi connectivity index (χ4n) is 3.90. The summed E-state index contributed by atoms with van der Waals surface area (Å²) >= 11 is 6.04. The van der Waals surface area contributed by atoms with Gasteiger partial charge < -0.3 is 14.8 Å². The van der Waals surface area contributed by atoms with Crippen LogP contribution in [-0.4, -0.2) is 68.1 Å². The second kappa shape index (κ2) is 9.73. The Morgan fingerprint density at radius 3 is 2.44 bits per heavy atom. The van der Waals surface area contributed by atoms with Crippen molar-refractivity contribution in [2.75, 3.05) is 51.8 Å². The lowest BCUT2D eigenvalue weighted by Gasteiger charge is -2.28. The second-order valence-corrected chi connectivity index (χ2v) is 8.24. The molecule has 1 saturated heterocycles. The molecule has 168 valence electrons. The van der Waals surface area contributed by atoms with Gasteiger partial charge in [-0.1, -0.05) is 29.8 Å². The molecule has 0 bridgehead atoms. The Morgan fingerprint density at radius 1 is 1.03 bits per heavy atom. The third-order valence-electron chi connectivity index (χ3n) is 5.66. The molecule has 0 atom stereocenters. The number of imide groups is 1. The van der Waals surface area contributed by atoms with Gasteiger partial charge in [-0.2, -0.15) is 0 Å². The van der Waals surface area contributed by atoms with Gasteiger partial charge in [0.05, 0.1) is 31.6 Å². The topological polar surface area (TPSA) is 71.1 Å². The number of carbonyl (C=O) groups excluding carboxylic acids is 2. The summed E-state index contributed by atoms with van der Waals surface area (Å²) in [6.45, 7) is 5.78. The number of nitrogens with one attached hydrogen (secondary N) is 1. The Kier molecular flexibility index (Phi) is 6.79. The van der Waals surface area contributed by atoms with E-state index in [4.69, 9.17) is 21.1 Å². The van der Waals surface area contributed by atoms with Gasteiger partial charge in [0, 0.05) is 31.2 Å². The van der Waals surface area contributed by atoms with Crippen molar-refractivity contribution in [1.82, 2.24) is 9.80 Å². The highest BCUT2D eigenvalue weighted by Crippen LogP contribution is 2.34. The van der Waals surface area contributed by atoms with Crippen molar-refractivity contribution in [3.05, 3.63) is 64.3 Å². The molecule has 2 aliphatic rings. The summed E-state index contributed by atoms with van der Waals surface area (Å²) in [6, 6.07) is 12.6. The summed E-state index contributed by atoms with van der Waals surface area (Å²) in [6.07, 6.45) is 0. The van der Waals surface area contributed by atoms with Crippen molar-refractivity contribution >= 4 is 34.7 Å². The van der Waals surface area contributed by atoms with Crippen LogP contribution in [0, 0.1) is 6.92 Å². The lowest BCUT2D eigenvalue weighted by Crippen LogP contribution is -2.43. The number of hydrogen-bond donors (Lipinski definition) is 1. The van der Waals surface area contributed by atoms with E-state index >= 15 is 0 Å². The SMILES string of the molecule is COc1ccc(C)cc1NC1=C(c2ccc(Cl)cc2)C(=O)N(CCN2CCOCC2)C1=O. The van der Waals surface area contributed by atoms with Crippen molar-refractivity contribution in [3.63, 3.8) is 0 Å². The molecule has 8 heteroatoms. The van der Waals surface area contributed by atoms with Crippen LogP contribution in [0.2, 0.25) is 5.02 Å². The number of hydrogen-bond acceptors (Lipinski definition) is 6. The number of nitrogens with zero attached hydrogens (tertiary/aromatic N) is 2. The molecule has 0 radical (unpaired) electrons. The molecule has 2 heterocycles. The number of halogens is 1. The normalized spacial score (nSPS) is 17.3. The maximum Gasteiger partial charge on any atom is 0.278 e. The van der Waals surface area contributed by atoms with Crippen molar-refractivity contribution in [1.29, 1.82) is 0 Å². The third-order valence-corrected chi connectivity index (χ3v) is 5.91. The molecule has 0 spiro atoms. The van der Waals surface area contributed by atoms with Gasteiger partial charge in [-0.3, -0.25) is 19.4 Å². The molecule has 2 aromatic carbocycles. The number of rotatable bonds is 7. The number of aryl methyl sites for hydroxylation is 1. The molecule has 2 amide bonds. The van der Waals surface area contributed by atoms with Crippen molar-refractivity contribution in [2.24, 2.45) is 0 Å². The summed E-state index contributed by atoms with van der Waals surface area (Å²) in [5.41, 5.74) is 2.84. The fraction of sp³-hybridized carbons (Fsp3) is 0.333. The predicted octanol–water partition coefficient (Wildman–Crippen LogP) is 3.18. The van der Waals surface area contributed by atoms with Gasteiger partial charge in [0.1, 0.15) is 11.4 Å². The Bertz CT molecular complexity index is 1050. The van der Waals surface area contributed by atoms with Crippen molar-refractivity contribution < 1.29 is 19.1 Å². The Labute approximate surface area is 192 Å². The highest BCUT2D eigenvalue weighted by Gasteiger charge is 2.39. The number of methoxy groups -OCH3 is 1. The van der Waals surface area contributed by atoms with Crippen LogP contribution in [0.4, 0.5) is 5.69 Å². The zero-order valence-electron chi connectivity index (χ0n) is 18.2. The van der Waals surface area contributed by atoms with E-state index in [0.29, 0.717) is 53.9 Å². The minimum Gasteiger partial charge on any atom is -0.495 e. The maximum absolute atomic E-state index is 13.4. The maximum atomic E-state index is 13.4. The van der Waals surface area contributed by atoms with Crippen LogP contribution in [0.15, 0.2) is 48.2 Å². The van der Waals surface area contributed by atoms with E-state index < -0.39 is 0 Å². The van der Waals surface area contributed by atoms with E-state index in [2.05, 4.69) is 10.2 Å². The van der Waals surface area contributed by atoms with Crippen LogP contribution in [-0.2, 0) is 14.3 Å². The summed E-state index contributed by atoms with van der Waals surface area (Å²) in [4.78, 5) is 30.3. The molecule has 4 rings (SSSR count). The molecule has 7 nitrogen and oxygen atoms in total. The minimum atomic E-state index is -0.350. The first kappa shape index (κ1) is 22.3. The molecule has 0 unspecified atom stereocenters. The fourth-order valence-corrected chi connectivity index (χ4v) is 4.03. The standard InChI is InChI=1S/C24H26ClN3O4/c1-16-3-8-20(31-2)19(15-16)26-22-21(17-4-6-18(25)7-5-17)23(29)28(24(22)30)10-9-27-11-13-32-14-12-27/h3-8,15,26H,9-14H2,1-2H3. The van der Waals surface area contributed by atoms with Crippen LogP contribution in [0.5, 0.6) is 5.75 Å². The van der Waals surface area contributed by atoms with Crippen LogP contribution in [0.3, 0.4) is 0 Å². The van der Waals surface area contributed by atoms with Gasteiger partial charge in [-0.05, 0) is 42.3 Å². The number of morpholine rings is 1. The highest BCUT2D eigenvalue weighted by atomic mass is 35.5. The average Bonchev–Trinajstić information content (AvgIpc) is 3.03. The summed E-state index contributed by atoms with van der Waals surface area (Å²) in [7, 11) is 1.57. The van der Waals surface area contributed by atoms with Crippen LogP contribution in [0.1, 0.15) is 11.1 Å². The van der Waals surface area contributed by atoms with Gasteiger partial charge >= 0.3 is 0 Å². The molecule has 2 aliphatic heterocycles. The summed E-state index contributed by atoms with van der Waals surface area (Å²) < 4.78 is 10.8. The predicted molar refractivity (Wildman–Crippen MR) is 124 cm³/mol. The van der Waals surface area contributed by atoms with Crippen LogP contribution < -0.4 is 10.1 Å². The van der Waals surface area contributed by atoms with Gasteiger partial charge in [0.15, 0.2) is 0 Å². The molecular formula is C24H26ClN3O4. The zero-order valence-corrected chi connectivity index (χ0v) is 18.9. The molecule has 0 aromatic heterocycles. The lowest BCUT2D eigenvalue weighted by molar-refractivity contribution is -0.137. The van der Waals surface area contributed by atoms with E-state index in [1.54, 1.807) is 31.4 Å².